The van der Waals surface area contributed by atoms with Gasteiger partial charge in [-0.05, 0) is 30.4 Å². The van der Waals surface area contributed by atoms with Gasteiger partial charge in [-0.15, -0.1) is 0 Å². The van der Waals surface area contributed by atoms with E-state index in [2.05, 4.69) is 38.1 Å². The molecule has 0 heteroatoms. The second-order valence-corrected chi connectivity index (χ2v) is 6.05. The highest BCUT2D eigenvalue weighted by atomic mass is 14.0. The monoisotopic (exact) mass is 274 g/mol. The lowest BCUT2D eigenvalue weighted by Crippen LogP contribution is -1.92. The van der Waals surface area contributed by atoms with E-state index in [-0.39, 0.29) is 0 Å². The Hall–Kier alpha value is -0.780. The molecule has 0 amide bonds. The van der Waals surface area contributed by atoms with Crippen molar-refractivity contribution < 1.29 is 0 Å². The van der Waals surface area contributed by atoms with Gasteiger partial charge in [0.05, 0.1) is 0 Å². The van der Waals surface area contributed by atoms with E-state index in [0.29, 0.717) is 0 Å². The van der Waals surface area contributed by atoms with Crippen LogP contribution in [0.1, 0.15) is 89.2 Å². The Labute approximate surface area is 127 Å². The van der Waals surface area contributed by atoms with Gasteiger partial charge in [0, 0.05) is 0 Å². The minimum absolute atomic E-state index is 1.17. The van der Waals surface area contributed by atoms with Gasteiger partial charge in [0.15, 0.2) is 0 Å². The average molecular weight is 274 g/mol. The molecule has 0 nitrogen and oxygen atoms in total. The molecular formula is C20H34. The van der Waals surface area contributed by atoms with Crippen LogP contribution in [0.5, 0.6) is 0 Å². The predicted molar refractivity (Wildman–Crippen MR) is 91.4 cm³/mol. The number of aryl methyl sites for hydroxylation is 2. The maximum absolute atomic E-state index is 2.31. The Morgan fingerprint density at radius 1 is 0.600 bits per heavy atom. The third-order valence-electron chi connectivity index (χ3n) is 4.30. The molecule has 1 aromatic rings. The molecule has 0 aromatic heterocycles. The summed E-state index contributed by atoms with van der Waals surface area (Å²) < 4.78 is 0. The summed E-state index contributed by atoms with van der Waals surface area (Å²) in [5.74, 6) is 0. The van der Waals surface area contributed by atoms with Gasteiger partial charge in [0.2, 0.25) is 0 Å². The van der Waals surface area contributed by atoms with Gasteiger partial charge in [0.25, 0.3) is 0 Å². The van der Waals surface area contributed by atoms with Crippen LogP contribution in [-0.2, 0) is 12.8 Å². The number of benzene rings is 1. The van der Waals surface area contributed by atoms with Crippen LogP contribution in [0.4, 0.5) is 0 Å². The van der Waals surface area contributed by atoms with Gasteiger partial charge in [0.1, 0.15) is 0 Å². The van der Waals surface area contributed by atoms with Gasteiger partial charge in [-0.1, -0.05) is 95.9 Å². The molecule has 0 aliphatic heterocycles. The van der Waals surface area contributed by atoms with E-state index in [0.717, 1.165) is 0 Å². The molecule has 1 aromatic carbocycles. The van der Waals surface area contributed by atoms with Crippen molar-refractivity contribution in [3.05, 3.63) is 35.4 Å². The average Bonchev–Trinajstić information content (AvgIpc) is 2.49. The van der Waals surface area contributed by atoms with Crippen molar-refractivity contribution in [2.24, 2.45) is 0 Å². The third kappa shape index (κ3) is 7.72. The van der Waals surface area contributed by atoms with E-state index in [1.165, 1.54) is 77.0 Å². The summed E-state index contributed by atoms with van der Waals surface area (Å²) in [6.07, 6.45) is 16.7. The molecule has 0 unspecified atom stereocenters. The van der Waals surface area contributed by atoms with Gasteiger partial charge >= 0.3 is 0 Å². The first kappa shape index (κ1) is 17.3. The van der Waals surface area contributed by atoms with Crippen LogP contribution < -0.4 is 0 Å². The summed E-state index contributed by atoms with van der Waals surface area (Å²) >= 11 is 0. The van der Waals surface area contributed by atoms with E-state index in [9.17, 15) is 0 Å². The number of hydrogen-bond donors (Lipinski definition) is 0. The largest absolute Gasteiger partial charge is 0.0654 e. The minimum Gasteiger partial charge on any atom is -0.0654 e. The summed E-state index contributed by atoms with van der Waals surface area (Å²) in [5, 5.41) is 0. The highest BCUT2D eigenvalue weighted by molar-refractivity contribution is 5.26. The van der Waals surface area contributed by atoms with E-state index in [4.69, 9.17) is 0 Å². The van der Waals surface area contributed by atoms with Crippen LogP contribution in [0.3, 0.4) is 0 Å². The van der Waals surface area contributed by atoms with Crippen molar-refractivity contribution in [3.8, 4) is 0 Å². The zero-order chi connectivity index (χ0) is 14.5. The maximum atomic E-state index is 2.31. The molecule has 0 spiro atoms. The minimum atomic E-state index is 1.17. The SMILES string of the molecule is CCCCCCCCCCCCc1ccccc1CC. The Balaban J connectivity index is 1.97. The molecule has 0 atom stereocenters. The molecule has 114 valence electrons. The summed E-state index contributed by atoms with van der Waals surface area (Å²) in [6.45, 7) is 4.55. The smallest absolute Gasteiger partial charge is 0.0276 e. The van der Waals surface area contributed by atoms with E-state index in [1.54, 1.807) is 11.1 Å². The number of unbranched alkanes of at least 4 members (excludes halogenated alkanes) is 9. The van der Waals surface area contributed by atoms with Crippen LogP contribution in [0.25, 0.3) is 0 Å². The normalized spacial score (nSPS) is 10.9. The van der Waals surface area contributed by atoms with Crippen LogP contribution in [0.15, 0.2) is 24.3 Å². The molecule has 0 aliphatic rings. The summed E-state index contributed by atoms with van der Waals surface area (Å²) in [4.78, 5) is 0. The van der Waals surface area contributed by atoms with Gasteiger partial charge in [-0.3, -0.25) is 0 Å². The molecule has 0 aliphatic carbocycles. The van der Waals surface area contributed by atoms with Crippen molar-refractivity contribution in [2.45, 2.75) is 90.9 Å². The molecule has 0 bridgehead atoms. The molecule has 20 heavy (non-hydrogen) atoms. The summed E-state index contributed by atoms with van der Waals surface area (Å²) in [6, 6.07) is 8.95. The fraction of sp³-hybridized carbons (Fsp3) is 0.700. The second kappa shape index (κ2) is 12.0. The Kier molecular flexibility index (Phi) is 10.4. The maximum Gasteiger partial charge on any atom is -0.0276 e. The van der Waals surface area contributed by atoms with Crippen molar-refractivity contribution in [3.63, 3.8) is 0 Å². The van der Waals surface area contributed by atoms with Gasteiger partial charge < -0.3 is 0 Å². The fourth-order valence-corrected chi connectivity index (χ4v) is 2.95. The van der Waals surface area contributed by atoms with Crippen molar-refractivity contribution >= 4 is 0 Å². The van der Waals surface area contributed by atoms with Crippen LogP contribution in [0.2, 0.25) is 0 Å². The lowest BCUT2D eigenvalue weighted by atomic mass is 9.99. The molecule has 0 saturated heterocycles. The van der Waals surface area contributed by atoms with Crippen LogP contribution in [0, 0.1) is 0 Å². The number of hydrogen-bond acceptors (Lipinski definition) is 0. The Bertz CT molecular complexity index is 327. The molecule has 0 radical (unpaired) electrons. The van der Waals surface area contributed by atoms with Crippen molar-refractivity contribution in [1.82, 2.24) is 0 Å². The van der Waals surface area contributed by atoms with Gasteiger partial charge in [-0.2, -0.15) is 0 Å². The molecule has 0 saturated carbocycles. The van der Waals surface area contributed by atoms with E-state index < -0.39 is 0 Å². The lowest BCUT2D eigenvalue weighted by Gasteiger charge is -2.07. The molecular weight excluding hydrogens is 240 g/mol. The quantitative estimate of drug-likeness (QED) is 0.371. The van der Waals surface area contributed by atoms with Crippen LogP contribution >= 0.6 is 0 Å². The molecule has 0 fully saturated rings. The first-order valence-corrected chi connectivity index (χ1v) is 8.95. The Morgan fingerprint density at radius 3 is 1.65 bits per heavy atom. The standard InChI is InChI=1S/C20H34/c1-3-5-6-7-8-9-10-11-12-13-17-20-18-15-14-16-19(20)4-2/h14-16,18H,3-13,17H2,1-2H3. The van der Waals surface area contributed by atoms with Crippen molar-refractivity contribution in [1.29, 1.82) is 0 Å². The van der Waals surface area contributed by atoms with Crippen molar-refractivity contribution in [2.75, 3.05) is 0 Å². The predicted octanol–water partition coefficient (Wildman–Crippen LogP) is 6.71. The Morgan fingerprint density at radius 2 is 1.10 bits per heavy atom. The molecule has 0 N–H and O–H groups in total. The topological polar surface area (TPSA) is 0 Å². The first-order chi connectivity index (χ1) is 9.88. The van der Waals surface area contributed by atoms with Crippen LogP contribution in [-0.4, -0.2) is 0 Å². The van der Waals surface area contributed by atoms with E-state index >= 15 is 0 Å². The number of rotatable bonds is 12. The molecule has 0 heterocycles. The third-order valence-corrected chi connectivity index (χ3v) is 4.30. The highest BCUT2D eigenvalue weighted by Gasteiger charge is 1.99. The molecule has 1 rings (SSSR count). The fourth-order valence-electron chi connectivity index (χ4n) is 2.95. The zero-order valence-corrected chi connectivity index (χ0v) is 13.8. The summed E-state index contributed by atoms with van der Waals surface area (Å²) in [5.41, 5.74) is 3.12. The summed E-state index contributed by atoms with van der Waals surface area (Å²) in [7, 11) is 0. The highest BCUT2D eigenvalue weighted by Crippen LogP contribution is 2.15. The lowest BCUT2D eigenvalue weighted by molar-refractivity contribution is 0.556. The van der Waals surface area contributed by atoms with E-state index in [1.807, 2.05) is 0 Å². The first-order valence-electron chi connectivity index (χ1n) is 8.95. The zero-order valence-electron chi connectivity index (χ0n) is 13.8. The van der Waals surface area contributed by atoms with Gasteiger partial charge in [-0.25, -0.2) is 0 Å². The second-order valence-electron chi connectivity index (χ2n) is 6.05.